The molecule has 0 aromatic rings. The van der Waals surface area contributed by atoms with Crippen molar-refractivity contribution in [2.45, 2.75) is 66.0 Å². The molecule has 1 saturated carbocycles. The van der Waals surface area contributed by atoms with Gasteiger partial charge in [0, 0.05) is 0 Å². The fourth-order valence-electron chi connectivity index (χ4n) is 2.56. The first-order valence-electron chi connectivity index (χ1n) is 6.66. The number of carbonyl (C=O) groups is 1. The number of esters is 1. The number of rotatable bonds is 2. The van der Waals surface area contributed by atoms with Crippen molar-refractivity contribution >= 4 is 5.97 Å². The molecular weight excluding hydrogens is 214 g/mol. The van der Waals surface area contributed by atoms with Crippen molar-refractivity contribution < 1.29 is 9.53 Å². The SMILES string of the molecule is CC1CC(C)CC(OC(=O)[C@@H](N)C(C)(C)C)C1. The Kier molecular flexibility index (Phi) is 4.59. The Morgan fingerprint density at radius 3 is 2.06 bits per heavy atom. The van der Waals surface area contributed by atoms with Crippen LogP contribution in [0.25, 0.3) is 0 Å². The number of hydrogen-bond acceptors (Lipinski definition) is 3. The third-order valence-corrected chi connectivity index (χ3v) is 3.61. The van der Waals surface area contributed by atoms with Gasteiger partial charge in [-0.2, -0.15) is 0 Å². The summed E-state index contributed by atoms with van der Waals surface area (Å²) in [5, 5.41) is 0. The first-order chi connectivity index (χ1) is 7.70. The highest BCUT2D eigenvalue weighted by Gasteiger charge is 2.32. The molecule has 100 valence electrons. The van der Waals surface area contributed by atoms with Crippen molar-refractivity contribution in [1.82, 2.24) is 0 Å². The highest BCUT2D eigenvalue weighted by Crippen LogP contribution is 2.31. The van der Waals surface area contributed by atoms with E-state index >= 15 is 0 Å². The summed E-state index contributed by atoms with van der Waals surface area (Å²) in [7, 11) is 0. The molecule has 1 aliphatic carbocycles. The highest BCUT2D eigenvalue weighted by molar-refractivity contribution is 5.76. The molecule has 0 aromatic heterocycles. The van der Waals surface area contributed by atoms with Gasteiger partial charge in [-0.05, 0) is 36.5 Å². The Morgan fingerprint density at radius 2 is 1.65 bits per heavy atom. The van der Waals surface area contributed by atoms with E-state index in [0.29, 0.717) is 11.8 Å². The molecule has 0 aliphatic heterocycles. The van der Waals surface area contributed by atoms with E-state index in [9.17, 15) is 4.79 Å². The lowest BCUT2D eigenvalue weighted by Gasteiger charge is -2.33. The molecule has 2 unspecified atom stereocenters. The van der Waals surface area contributed by atoms with Crippen LogP contribution in [-0.2, 0) is 9.53 Å². The minimum absolute atomic E-state index is 0.0645. The van der Waals surface area contributed by atoms with Crippen molar-refractivity contribution in [2.75, 3.05) is 0 Å². The Bertz CT molecular complexity index is 260. The number of hydrogen-bond donors (Lipinski definition) is 1. The van der Waals surface area contributed by atoms with Gasteiger partial charge in [-0.1, -0.05) is 34.6 Å². The molecule has 0 spiro atoms. The van der Waals surface area contributed by atoms with Gasteiger partial charge in [-0.3, -0.25) is 4.79 Å². The highest BCUT2D eigenvalue weighted by atomic mass is 16.5. The fraction of sp³-hybridized carbons (Fsp3) is 0.929. The molecule has 17 heavy (non-hydrogen) atoms. The maximum absolute atomic E-state index is 11.9. The third kappa shape index (κ3) is 4.30. The molecule has 1 rings (SSSR count). The molecular formula is C14H27NO2. The van der Waals surface area contributed by atoms with Gasteiger partial charge in [-0.15, -0.1) is 0 Å². The standard InChI is InChI=1S/C14H27NO2/c1-9-6-10(2)8-11(7-9)17-13(16)12(15)14(3,4)5/h9-12H,6-8,15H2,1-5H3/t9?,10?,11?,12-/m1/s1. The second-order valence-corrected chi connectivity index (χ2v) is 6.82. The zero-order valence-electron chi connectivity index (χ0n) is 11.8. The van der Waals surface area contributed by atoms with E-state index in [2.05, 4.69) is 13.8 Å². The van der Waals surface area contributed by atoms with Gasteiger partial charge in [0.05, 0.1) is 0 Å². The molecule has 2 N–H and O–H groups in total. The Morgan fingerprint density at radius 1 is 1.18 bits per heavy atom. The summed E-state index contributed by atoms with van der Waals surface area (Å²) in [4.78, 5) is 11.9. The van der Waals surface area contributed by atoms with Gasteiger partial charge in [0.25, 0.3) is 0 Å². The van der Waals surface area contributed by atoms with Crippen molar-refractivity contribution in [2.24, 2.45) is 23.0 Å². The summed E-state index contributed by atoms with van der Waals surface area (Å²) < 4.78 is 5.56. The van der Waals surface area contributed by atoms with Gasteiger partial charge < -0.3 is 10.5 Å². The predicted molar refractivity (Wildman–Crippen MR) is 69.5 cm³/mol. The number of ether oxygens (including phenoxy) is 1. The van der Waals surface area contributed by atoms with Gasteiger partial charge in [0.1, 0.15) is 12.1 Å². The molecule has 0 bridgehead atoms. The van der Waals surface area contributed by atoms with E-state index in [1.807, 2.05) is 20.8 Å². The topological polar surface area (TPSA) is 52.3 Å². The van der Waals surface area contributed by atoms with Crippen LogP contribution >= 0.6 is 0 Å². The van der Waals surface area contributed by atoms with Crippen LogP contribution in [0.2, 0.25) is 0 Å². The van der Waals surface area contributed by atoms with Crippen molar-refractivity contribution in [3.63, 3.8) is 0 Å². The molecule has 1 fully saturated rings. The molecule has 0 radical (unpaired) electrons. The molecule has 3 nitrogen and oxygen atoms in total. The normalized spacial score (nSPS) is 32.0. The lowest BCUT2D eigenvalue weighted by atomic mass is 9.81. The smallest absolute Gasteiger partial charge is 0.323 e. The zero-order chi connectivity index (χ0) is 13.2. The maximum atomic E-state index is 11.9. The van der Waals surface area contributed by atoms with E-state index in [0.717, 1.165) is 12.8 Å². The largest absolute Gasteiger partial charge is 0.461 e. The number of carbonyl (C=O) groups excluding carboxylic acids is 1. The summed E-state index contributed by atoms with van der Waals surface area (Å²) in [6.07, 6.45) is 3.26. The van der Waals surface area contributed by atoms with E-state index < -0.39 is 6.04 Å². The van der Waals surface area contributed by atoms with E-state index in [4.69, 9.17) is 10.5 Å². The summed E-state index contributed by atoms with van der Waals surface area (Å²) in [6.45, 7) is 10.3. The van der Waals surface area contributed by atoms with Crippen LogP contribution in [0.1, 0.15) is 53.9 Å². The molecule has 0 heterocycles. The van der Waals surface area contributed by atoms with E-state index in [1.54, 1.807) is 0 Å². The Hall–Kier alpha value is -0.570. The lowest BCUT2D eigenvalue weighted by Crippen LogP contribution is -2.45. The summed E-state index contributed by atoms with van der Waals surface area (Å²) in [6, 6.07) is -0.532. The molecule has 1 aliphatic rings. The predicted octanol–water partition coefficient (Wildman–Crippen LogP) is 2.73. The minimum atomic E-state index is -0.532. The maximum Gasteiger partial charge on any atom is 0.323 e. The molecule has 0 saturated heterocycles. The van der Waals surface area contributed by atoms with Gasteiger partial charge in [0.15, 0.2) is 0 Å². The first-order valence-corrected chi connectivity index (χ1v) is 6.66. The average Bonchev–Trinajstić information content (AvgIpc) is 2.13. The summed E-state index contributed by atoms with van der Waals surface area (Å²) in [5.74, 6) is 1.04. The third-order valence-electron chi connectivity index (χ3n) is 3.61. The van der Waals surface area contributed by atoms with Crippen LogP contribution < -0.4 is 5.73 Å². The zero-order valence-corrected chi connectivity index (χ0v) is 11.8. The molecule has 3 atom stereocenters. The monoisotopic (exact) mass is 241 g/mol. The number of nitrogens with two attached hydrogens (primary N) is 1. The Labute approximate surface area is 105 Å². The molecule has 0 aromatic carbocycles. The van der Waals surface area contributed by atoms with Gasteiger partial charge in [0.2, 0.25) is 0 Å². The first kappa shape index (κ1) is 14.5. The van der Waals surface area contributed by atoms with Crippen LogP contribution in [0.5, 0.6) is 0 Å². The van der Waals surface area contributed by atoms with Crippen molar-refractivity contribution in [3.8, 4) is 0 Å². The van der Waals surface area contributed by atoms with E-state index in [-0.39, 0.29) is 17.5 Å². The van der Waals surface area contributed by atoms with Crippen LogP contribution in [0.3, 0.4) is 0 Å². The van der Waals surface area contributed by atoms with Gasteiger partial charge >= 0.3 is 5.97 Å². The summed E-state index contributed by atoms with van der Waals surface area (Å²) in [5.41, 5.74) is 5.67. The average molecular weight is 241 g/mol. The van der Waals surface area contributed by atoms with Crippen LogP contribution in [0.15, 0.2) is 0 Å². The van der Waals surface area contributed by atoms with Crippen molar-refractivity contribution in [3.05, 3.63) is 0 Å². The fourth-order valence-corrected chi connectivity index (χ4v) is 2.56. The second kappa shape index (κ2) is 5.38. The molecule has 3 heteroatoms. The minimum Gasteiger partial charge on any atom is -0.461 e. The lowest BCUT2D eigenvalue weighted by molar-refractivity contribution is -0.156. The van der Waals surface area contributed by atoms with Crippen LogP contribution in [0, 0.1) is 17.3 Å². The quantitative estimate of drug-likeness (QED) is 0.756. The second-order valence-electron chi connectivity index (χ2n) is 6.82. The Balaban J connectivity index is 2.51. The van der Waals surface area contributed by atoms with E-state index in [1.165, 1.54) is 6.42 Å². The van der Waals surface area contributed by atoms with Gasteiger partial charge in [-0.25, -0.2) is 0 Å². The van der Waals surface area contributed by atoms with Crippen LogP contribution in [0.4, 0.5) is 0 Å². The van der Waals surface area contributed by atoms with Crippen LogP contribution in [-0.4, -0.2) is 18.1 Å². The summed E-state index contributed by atoms with van der Waals surface area (Å²) >= 11 is 0. The molecule has 0 amide bonds. The van der Waals surface area contributed by atoms with Crippen molar-refractivity contribution in [1.29, 1.82) is 0 Å².